The van der Waals surface area contributed by atoms with Crippen LogP contribution in [-0.4, -0.2) is 10.8 Å². The van der Waals surface area contributed by atoms with Crippen LogP contribution in [0.25, 0.3) is 0 Å². The lowest BCUT2D eigenvalue weighted by atomic mass is 10.1. The van der Waals surface area contributed by atoms with Gasteiger partial charge in [-0.25, -0.2) is 4.98 Å². The summed E-state index contributed by atoms with van der Waals surface area (Å²) in [5.74, 6) is 0.743. The number of rotatable bonds is 2. The van der Waals surface area contributed by atoms with Crippen LogP contribution in [0.1, 0.15) is 35.1 Å². The van der Waals surface area contributed by atoms with E-state index in [4.69, 9.17) is 5.73 Å². The van der Waals surface area contributed by atoms with Crippen molar-refractivity contribution in [1.29, 1.82) is 0 Å². The zero-order valence-electron chi connectivity index (χ0n) is 7.32. The molecule has 0 aliphatic heterocycles. The molecule has 13 heavy (non-hydrogen) atoms. The third kappa shape index (κ3) is 1.78. The lowest BCUT2D eigenvalue weighted by Gasteiger charge is -2.00. The molecule has 3 nitrogen and oxygen atoms in total. The van der Waals surface area contributed by atoms with E-state index in [1.54, 1.807) is 11.3 Å². The molecule has 0 amide bonds. The molecule has 1 aromatic heterocycles. The van der Waals surface area contributed by atoms with Gasteiger partial charge in [0, 0.05) is 36.4 Å². The number of nitrogens with zero attached hydrogens (tertiary/aromatic N) is 1. The zero-order valence-corrected chi connectivity index (χ0v) is 8.14. The smallest absolute Gasteiger partial charge is 0.133 e. The van der Waals surface area contributed by atoms with Gasteiger partial charge in [0.25, 0.3) is 0 Å². The molecular weight excluding hydrogens is 184 g/mol. The maximum absolute atomic E-state index is 11.1. The molecule has 2 N–H and O–H groups in total. The van der Waals surface area contributed by atoms with Gasteiger partial charge in [-0.3, -0.25) is 4.79 Å². The van der Waals surface area contributed by atoms with E-state index in [-0.39, 0.29) is 0 Å². The molecule has 1 heterocycles. The lowest BCUT2D eigenvalue weighted by Crippen LogP contribution is -1.92. The van der Waals surface area contributed by atoms with Gasteiger partial charge in [0.05, 0.1) is 5.01 Å². The van der Waals surface area contributed by atoms with Gasteiger partial charge in [0.1, 0.15) is 5.78 Å². The van der Waals surface area contributed by atoms with Crippen molar-refractivity contribution in [3.05, 3.63) is 16.1 Å². The SMILES string of the molecule is NCc1cnc(C2CCC(=O)C2)s1. The van der Waals surface area contributed by atoms with Gasteiger partial charge in [-0.15, -0.1) is 11.3 Å². The predicted molar refractivity (Wildman–Crippen MR) is 51.6 cm³/mol. The number of nitrogens with two attached hydrogens (primary N) is 1. The number of hydrogen-bond donors (Lipinski definition) is 1. The molecule has 0 bridgehead atoms. The van der Waals surface area contributed by atoms with Gasteiger partial charge in [-0.05, 0) is 6.42 Å². The van der Waals surface area contributed by atoms with Crippen LogP contribution in [0.2, 0.25) is 0 Å². The zero-order chi connectivity index (χ0) is 9.26. The van der Waals surface area contributed by atoms with Crippen molar-refractivity contribution in [2.24, 2.45) is 5.73 Å². The van der Waals surface area contributed by atoms with Crippen LogP contribution >= 0.6 is 11.3 Å². The minimum Gasteiger partial charge on any atom is -0.326 e. The van der Waals surface area contributed by atoms with Crippen LogP contribution in [0.3, 0.4) is 0 Å². The molecule has 1 saturated carbocycles. The monoisotopic (exact) mass is 196 g/mol. The molecule has 4 heteroatoms. The first-order valence-corrected chi connectivity index (χ1v) is 5.27. The number of hydrogen-bond acceptors (Lipinski definition) is 4. The second-order valence-electron chi connectivity index (χ2n) is 3.35. The van der Waals surface area contributed by atoms with Gasteiger partial charge in [-0.1, -0.05) is 0 Å². The van der Waals surface area contributed by atoms with Crippen LogP contribution in [-0.2, 0) is 11.3 Å². The van der Waals surface area contributed by atoms with Crippen molar-refractivity contribution in [1.82, 2.24) is 4.98 Å². The van der Waals surface area contributed by atoms with Crippen LogP contribution in [0.5, 0.6) is 0 Å². The van der Waals surface area contributed by atoms with E-state index in [0.717, 1.165) is 22.7 Å². The maximum Gasteiger partial charge on any atom is 0.133 e. The van der Waals surface area contributed by atoms with E-state index >= 15 is 0 Å². The highest BCUT2D eigenvalue weighted by molar-refractivity contribution is 7.11. The normalized spacial score (nSPS) is 22.5. The number of thiazole rings is 1. The summed E-state index contributed by atoms with van der Waals surface area (Å²) in [6.45, 7) is 0.554. The Labute approximate surface area is 81.0 Å². The van der Waals surface area contributed by atoms with Gasteiger partial charge in [0.15, 0.2) is 0 Å². The first-order valence-electron chi connectivity index (χ1n) is 4.46. The topological polar surface area (TPSA) is 56.0 Å². The fourth-order valence-corrected chi connectivity index (χ4v) is 2.56. The molecule has 1 aliphatic carbocycles. The molecule has 1 aromatic rings. The van der Waals surface area contributed by atoms with Crippen molar-refractivity contribution in [3.63, 3.8) is 0 Å². The molecule has 0 saturated heterocycles. The Morgan fingerprint density at radius 1 is 1.69 bits per heavy atom. The fourth-order valence-electron chi connectivity index (χ4n) is 1.63. The Bertz CT molecular complexity index is 321. The van der Waals surface area contributed by atoms with Crippen LogP contribution < -0.4 is 5.73 Å². The summed E-state index contributed by atoms with van der Waals surface area (Å²) in [5, 5.41) is 1.09. The molecular formula is C9H12N2OS. The van der Waals surface area contributed by atoms with Crippen molar-refractivity contribution < 1.29 is 4.79 Å². The first-order chi connectivity index (χ1) is 6.29. The van der Waals surface area contributed by atoms with E-state index in [1.807, 2.05) is 6.20 Å². The van der Waals surface area contributed by atoms with Gasteiger partial charge in [-0.2, -0.15) is 0 Å². The predicted octanol–water partition coefficient (Wildman–Crippen LogP) is 1.44. The Morgan fingerprint density at radius 2 is 2.54 bits per heavy atom. The molecule has 1 atom stereocenters. The molecule has 1 fully saturated rings. The summed E-state index contributed by atoms with van der Waals surface area (Å²) in [6.07, 6.45) is 4.19. The molecule has 0 aromatic carbocycles. The standard InChI is InChI=1S/C9H12N2OS/c10-4-8-5-11-9(13-8)6-1-2-7(12)3-6/h5-6H,1-4,10H2. The largest absolute Gasteiger partial charge is 0.326 e. The minimum atomic E-state index is 0.370. The third-order valence-electron chi connectivity index (χ3n) is 2.37. The van der Waals surface area contributed by atoms with Crippen LogP contribution in [0.15, 0.2) is 6.20 Å². The van der Waals surface area contributed by atoms with Gasteiger partial charge < -0.3 is 5.73 Å². The Kier molecular flexibility index (Phi) is 2.42. The summed E-state index contributed by atoms with van der Waals surface area (Å²) in [7, 11) is 0. The summed E-state index contributed by atoms with van der Waals surface area (Å²) in [5.41, 5.74) is 5.49. The van der Waals surface area contributed by atoms with E-state index < -0.39 is 0 Å². The number of carbonyl (C=O) groups is 1. The quantitative estimate of drug-likeness (QED) is 0.778. The highest BCUT2D eigenvalue weighted by Gasteiger charge is 2.25. The number of aromatic nitrogens is 1. The summed E-state index contributed by atoms with van der Waals surface area (Å²) >= 11 is 1.64. The average molecular weight is 196 g/mol. The van der Waals surface area contributed by atoms with Crippen molar-refractivity contribution in [2.75, 3.05) is 0 Å². The summed E-state index contributed by atoms with van der Waals surface area (Å²) in [6, 6.07) is 0. The van der Waals surface area contributed by atoms with Crippen LogP contribution in [0.4, 0.5) is 0 Å². The van der Waals surface area contributed by atoms with Gasteiger partial charge in [0.2, 0.25) is 0 Å². The Balaban J connectivity index is 2.12. The Hall–Kier alpha value is -0.740. The minimum absolute atomic E-state index is 0.370. The average Bonchev–Trinajstić information content (AvgIpc) is 2.71. The van der Waals surface area contributed by atoms with E-state index in [2.05, 4.69) is 4.98 Å². The highest BCUT2D eigenvalue weighted by Crippen LogP contribution is 2.34. The van der Waals surface area contributed by atoms with E-state index in [1.165, 1.54) is 0 Å². The number of Topliss-reactive ketones (excluding diaryl/α,β-unsaturated/α-hetero) is 1. The van der Waals surface area contributed by atoms with Crippen molar-refractivity contribution >= 4 is 17.1 Å². The molecule has 2 rings (SSSR count). The highest BCUT2D eigenvalue weighted by atomic mass is 32.1. The summed E-state index contributed by atoms with van der Waals surface area (Å²) < 4.78 is 0. The van der Waals surface area contributed by atoms with Gasteiger partial charge >= 0.3 is 0 Å². The number of ketones is 1. The molecule has 1 unspecified atom stereocenters. The molecule has 70 valence electrons. The first kappa shape index (κ1) is 8.84. The fraction of sp³-hybridized carbons (Fsp3) is 0.556. The Morgan fingerprint density at radius 3 is 3.08 bits per heavy atom. The van der Waals surface area contributed by atoms with E-state index in [9.17, 15) is 4.79 Å². The van der Waals surface area contributed by atoms with Crippen molar-refractivity contribution in [3.8, 4) is 0 Å². The molecule has 0 spiro atoms. The second-order valence-corrected chi connectivity index (χ2v) is 4.49. The maximum atomic E-state index is 11.1. The van der Waals surface area contributed by atoms with Crippen molar-refractivity contribution in [2.45, 2.75) is 31.7 Å². The van der Waals surface area contributed by atoms with Crippen LogP contribution in [0, 0.1) is 0 Å². The molecule has 1 aliphatic rings. The number of carbonyl (C=O) groups excluding carboxylic acids is 1. The lowest BCUT2D eigenvalue weighted by molar-refractivity contribution is -0.117. The summed E-state index contributed by atoms with van der Waals surface area (Å²) in [4.78, 5) is 16.5. The van der Waals surface area contributed by atoms with E-state index in [0.29, 0.717) is 24.7 Å². The second kappa shape index (κ2) is 3.55. The molecule has 0 radical (unpaired) electrons. The third-order valence-corrected chi connectivity index (χ3v) is 3.55.